The summed E-state index contributed by atoms with van der Waals surface area (Å²) in [4.78, 5) is 17.6. The molecule has 3 rings (SSSR count). The van der Waals surface area contributed by atoms with Gasteiger partial charge in [0.25, 0.3) is 5.95 Å². The second-order valence-electron chi connectivity index (χ2n) is 3.62. The molecule has 0 unspecified atom stereocenters. The molecule has 0 amide bonds. The molecule has 3 N–H and O–H groups in total. The summed E-state index contributed by atoms with van der Waals surface area (Å²) in [6, 6.07) is 5.53. The van der Waals surface area contributed by atoms with E-state index < -0.39 is 0 Å². The number of nitrogens with zero attached hydrogens (tertiary/aromatic N) is 6. The van der Waals surface area contributed by atoms with Gasteiger partial charge in [-0.05, 0) is 30.0 Å². The zero-order valence-electron chi connectivity index (χ0n) is 10.2. The summed E-state index contributed by atoms with van der Waals surface area (Å²) in [5, 5.41) is 4.60. The molecule has 0 aliphatic heterocycles. The number of nitrogens with one attached hydrogen (secondary N) is 1. The number of rotatable bonds is 4. The van der Waals surface area contributed by atoms with E-state index in [2.05, 4.69) is 30.5 Å². The Bertz CT molecular complexity index is 685. The number of hydrogen-bond donors (Lipinski definition) is 2. The molecule has 3 heterocycles. The second-order valence-corrected chi connectivity index (χ2v) is 4.66. The zero-order valence-corrected chi connectivity index (χ0v) is 11.0. The normalized spacial score (nSPS) is 10.4. The molecule has 0 atom stereocenters. The Kier molecular flexibility index (Phi) is 3.52. The average molecular weight is 286 g/mol. The van der Waals surface area contributed by atoms with E-state index in [1.165, 1.54) is 11.8 Å². The number of hydrogen-bond acceptors (Lipinski definition) is 8. The Morgan fingerprint density at radius 3 is 2.65 bits per heavy atom. The first-order valence-electron chi connectivity index (χ1n) is 5.66. The lowest BCUT2D eigenvalue weighted by Crippen LogP contribution is -2.14. The van der Waals surface area contributed by atoms with Gasteiger partial charge in [0, 0.05) is 29.7 Å². The fourth-order valence-corrected chi connectivity index (χ4v) is 2.19. The van der Waals surface area contributed by atoms with Crippen molar-refractivity contribution in [2.75, 3.05) is 5.43 Å². The molecule has 0 saturated heterocycles. The van der Waals surface area contributed by atoms with Gasteiger partial charge in [0.15, 0.2) is 5.16 Å². The van der Waals surface area contributed by atoms with Crippen LogP contribution in [-0.4, -0.2) is 29.7 Å². The van der Waals surface area contributed by atoms with E-state index >= 15 is 0 Å². The molecule has 20 heavy (non-hydrogen) atoms. The van der Waals surface area contributed by atoms with E-state index in [1.807, 2.05) is 12.1 Å². The molecule has 3 aromatic heterocycles. The number of nitrogen functional groups attached to an aromatic ring is 1. The van der Waals surface area contributed by atoms with E-state index in [4.69, 9.17) is 5.84 Å². The lowest BCUT2D eigenvalue weighted by molar-refractivity contribution is 0.760. The van der Waals surface area contributed by atoms with Gasteiger partial charge in [-0.25, -0.2) is 10.5 Å². The molecule has 3 aromatic rings. The Labute approximate surface area is 118 Å². The van der Waals surface area contributed by atoms with Crippen LogP contribution >= 0.6 is 11.8 Å². The Balaban J connectivity index is 1.96. The van der Waals surface area contributed by atoms with Gasteiger partial charge in [0.05, 0.1) is 0 Å². The number of aromatic nitrogens is 6. The topological polar surface area (TPSA) is 107 Å². The second kappa shape index (κ2) is 5.63. The molecule has 0 aliphatic rings. The highest BCUT2D eigenvalue weighted by Gasteiger charge is 2.09. The van der Waals surface area contributed by atoms with Gasteiger partial charge < -0.3 is 0 Å². The maximum atomic E-state index is 5.38. The third-order valence-electron chi connectivity index (χ3n) is 2.30. The standard InChI is InChI=1S/C11H10N8S/c12-18-9-15-10(19-7-1-4-14-19)17-11(16-9)20-8-2-5-13-6-3-8/h1-7H,12H2,(H,15,16,17,18). The lowest BCUT2D eigenvalue weighted by Gasteiger charge is -2.05. The molecule has 0 aromatic carbocycles. The van der Waals surface area contributed by atoms with Crippen LogP contribution in [0.3, 0.4) is 0 Å². The van der Waals surface area contributed by atoms with Gasteiger partial charge in [-0.3, -0.25) is 10.4 Å². The number of nitrogens with two attached hydrogens (primary N) is 1. The first-order valence-corrected chi connectivity index (χ1v) is 6.47. The Hall–Kier alpha value is -2.52. The molecule has 9 heteroatoms. The van der Waals surface area contributed by atoms with E-state index in [-0.39, 0.29) is 5.95 Å². The number of anilines is 1. The maximum absolute atomic E-state index is 5.38. The van der Waals surface area contributed by atoms with Gasteiger partial charge >= 0.3 is 0 Å². The van der Waals surface area contributed by atoms with Crippen molar-refractivity contribution >= 4 is 17.7 Å². The summed E-state index contributed by atoms with van der Waals surface area (Å²) in [7, 11) is 0. The molecule has 0 aliphatic carbocycles. The highest BCUT2D eigenvalue weighted by atomic mass is 32.2. The molecular formula is C11H10N8S. The Morgan fingerprint density at radius 1 is 1.10 bits per heavy atom. The zero-order chi connectivity index (χ0) is 13.8. The number of hydrazine groups is 1. The maximum Gasteiger partial charge on any atom is 0.256 e. The monoisotopic (exact) mass is 286 g/mol. The SMILES string of the molecule is NNc1nc(Sc2ccncc2)nc(-n2cccn2)n1. The van der Waals surface area contributed by atoms with Crippen LogP contribution < -0.4 is 11.3 Å². The highest BCUT2D eigenvalue weighted by molar-refractivity contribution is 7.99. The van der Waals surface area contributed by atoms with Crippen molar-refractivity contribution in [2.45, 2.75) is 10.1 Å². The molecule has 0 radical (unpaired) electrons. The molecule has 8 nitrogen and oxygen atoms in total. The predicted molar refractivity (Wildman–Crippen MR) is 73.1 cm³/mol. The first kappa shape index (κ1) is 12.5. The largest absolute Gasteiger partial charge is 0.292 e. The van der Waals surface area contributed by atoms with E-state index in [0.29, 0.717) is 11.1 Å². The highest BCUT2D eigenvalue weighted by Crippen LogP contribution is 2.24. The molecule has 0 saturated carbocycles. The van der Waals surface area contributed by atoms with Gasteiger partial charge in [0.2, 0.25) is 5.95 Å². The smallest absolute Gasteiger partial charge is 0.256 e. The van der Waals surface area contributed by atoms with Crippen molar-refractivity contribution in [3.8, 4) is 5.95 Å². The Morgan fingerprint density at radius 2 is 1.95 bits per heavy atom. The van der Waals surface area contributed by atoms with E-state index in [1.54, 1.807) is 35.5 Å². The molecule has 0 bridgehead atoms. The fraction of sp³-hybridized carbons (Fsp3) is 0. The van der Waals surface area contributed by atoms with Crippen LogP contribution in [0.5, 0.6) is 0 Å². The molecule has 0 fully saturated rings. The summed E-state index contributed by atoms with van der Waals surface area (Å²) in [6.07, 6.45) is 6.81. The third-order valence-corrected chi connectivity index (χ3v) is 3.17. The van der Waals surface area contributed by atoms with Crippen molar-refractivity contribution in [3.63, 3.8) is 0 Å². The van der Waals surface area contributed by atoms with Gasteiger partial charge in [-0.15, -0.1) is 0 Å². The lowest BCUT2D eigenvalue weighted by atomic mass is 10.5. The van der Waals surface area contributed by atoms with Crippen LogP contribution in [0.25, 0.3) is 5.95 Å². The molecular weight excluding hydrogens is 276 g/mol. The van der Waals surface area contributed by atoms with E-state index in [0.717, 1.165) is 4.90 Å². The predicted octanol–water partition coefficient (Wildman–Crippen LogP) is 0.889. The summed E-state index contributed by atoms with van der Waals surface area (Å²) in [5.41, 5.74) is 2.43. The van der Waals surface area contributed by atoms with E-state index in [9.17, 15) is 0 Å². The first-order chi connectivity index (χ1) is 9.85. The van der Waals surface area contributed by atoms with Crippen molar-refractivity contribution in [3.05, 3.63) is 43.0 Å². The summed E-state index contributed by atoms with van der Waals surface area (Å²) in [5.74, 6) is 6.06. The van der Waals surface area contributed by atoms with Gasteiger partial charge in [-0.1, -0.05) is 0 Å². The van der Waals surface area contributed by atoms with Gasteiger partial charge in [0.1, 0.15) is 0 Å². The molecule has 100 valence electrons. The van der Waals surface area contributed by atoms with Crippen LogP contribution in [0.4, 0.5) is 5.95 Å². The van der Waals surface area contributed by atoms with Crippen molar-refractivity contribution in [1.29, 1.82) is 0 Å². The third kappa shape index (κ3) is 2.73. The summed E-state index contributed by atoms with van der Waals surface area (Å²) >= 11 is 1.39. The van der Waals surface area contributed by atoms with Crippen LogP contribution in [0.15, 0.2) is 53.0 Å². The van der Waals surface area contributed by atoms with Crippen molar-refractivity contribution in [1.82, 2.24) is 29.7 Å². The summed E-state index contributed by atoms with van der Waals surface area (Å²) in [6.45, 7) is 0. The summed E-state index contributed by atoms with van der Waals surface area (Å²) < 4.78 is 1.54. The van der Waals surface area contributed by atoms with Crippen molar-refractivity contribution < 1.29 is 0 Å². The minimum Gasteiger partial charge on any atom is -0.292 e. The van der Waals surface area contributed by atoms with Gasteiger partial charge in [-0.2, -0.15) is 20.1 Å². The van der Waals surface area contributed by atoms with Crippen molar-refractivity contribution in [2.24, 2.45) is 5.84 Å². The average Bonchev–Trinajstić information content (AvgIpc) is 3.02. The van der Waals surface area contributed by atoms with Crippen LogP contribution in [0.1, 0.15) is 0 Å². The minimum atomic E-state index is 0.280. The quantitative estimate of drug-likeness (QED) is 0.538. The fourth-order valence-electron chi connectivity index (χ4n) is 1.46. The van der Waals surface area contributed by atoms with Crippen LogP contribution in [0.2, 0.25) is 0 Å². The van der Waals surface area contributed by atoms with Crippen LogP contribution in [0, 0.1) is 0 Å². The van der Waals surface area contributed by atoms with Crippen LogP contribution in [-0.2, 0) is 0 Å². The number of pyridine rings is 1. The minimum absolute atomic E-state index is 0.280. The molecule has 0 spiro atoms.